The van der Waals surface area contributed by atoms with Gasteiger partial charge in [-0.15, -0.1) is 12.4 Å². The molecule has 5 heteroatoms. The second-order valence-corrected chi connectivity index (χ2v) is 7.69. The number of halogens is 2. The predicted molar refractivity (Wildman–Crippen MR) is 102 cm³/mol. The molecule has 0 bridgehead atoms. The summed E-state index contributed by atoms with van der Waals surface area (Å²) in [6, 6.07) is 6.80. The third-order valence-corrected chi connectivity index (χ3v) is 6.09. The molecule has 0 aromatic heterocycles. The van der Waals surface area contributed by atoms with E-state index in [0.717, 1.165) is 31.5 Å². The van der Waals surface area contributed by atoms with E-state index in [4.69, 9.17) is 0 Å². The quantitative estimate of drug-likeness (QED) is 0.801. The Morgan fingerprint density at radius 2 is 1.92 bits per heavy atom. The lowest BCUT2D eigenvalue weighted by molar-refractivity contribution is -0.122. The SMILES string of the molecule is CC(CC(=O)NCC1(c2ccc(F)cc2)CCC1)C1CCNCC1.Cl. The second kappa shape index (κ2) is 9.00. The Bertz CT molecular complexity index is 553. The van der Waals surface area contributed by atoms with Crippen molar-refractivity contribution in [2.24, 2.45) is 11.8 Å². The van der Waals surface area contributed by atoms with Gasteiger partial charge in [-0.1, -0.05) is 25.5 Å². The van der Waals surface area contributed by atoms with Crippen LogP contribution in [0, 0.1) is 17.7 Å². The third-order valence-electron chi connectivity index (χ3n) is 6.09. The summed E-state index contributed by atoms with van der Waals surface area (Å²) in [6.07, 6.45) is 6.29. The Balaban J connectivity index is 0.00000225. The van der Waals surface area contributed by atoms with Gasteiger partial charge in [-0.2, -0.15) is 0 Å². The van der Waals surface area contributed by atoms with Crippen molar-refractivity contribution in [3.63, 3.8) is 0 Å². The van der Waals surface area contributed by atoms with Gasteiger partial charge in [0.25, 0.3) is 0 Å². The van der Waals surface area contributed by atoms with Gasteiger partial charge in [0.05, 0.1) is 0 Å². The fraction of sp³-hybridized carbons (Fsp3) is 0.650. The average molecular weight is 369 g/mol. The van der Waals surface area contributed by atoms with Crippen LogP contribution < -0.4 is 10.6 Å². The van der Waals surface area contributed by atoms with E-state index in [1.165, 1.54) is 31.4 Å². The van der Waals surface area contributed by atoms with Crippen molar-refractivity contribution in [3.8, 4) is 0 Å². The largest absolute Gasteiger partial charge is 0.355 e. The molecule has 1 aliphatic carbocycles. The lowest BCUT2D eigenvalue weighted by Crippen LogP contribution is -2.46. The first kappa shape index (κ1) is 20.2. The van der Waals surface area contributed by atoms with E-state index in [1.54, 1.807) is 0 Å². The maximum absolute atomic E-state index is 13.2. The molecule has 1 amide bonds. The standard InChI is InChI=1S/C20H29FN2O.ClH/c1-15(16-7-11-22-12-8-16)13-19(24)23-14-20(9-2-10-20)17-3-5-18(21)6-4-17;/h3-6,15-16,22H,2,7-14H2,1H3,(H,23,24);1H. The van der Waals surface area contributed by atoms with Gasteiger partial charge in [0.1, 0.15) is 5.82 Å². The van der Waals surface area contributed by atoms with Gasteiger partial charge in [-0.3, -0.25) is 4.79 Å². The third kappa shape index (κ3) is 4.95. The van der Waals surface area contributed by atoms with E-state index in [2.05, 4.69) is 17.6 Å². The monoisotopic (exact) mass is 368 g/mol. The van der Waals surface area contributed by atoms with Crippen LogP contribution in [0.5, 0.6) is 0 Å². The summed E-state index contributed by atoms with van der Waals surface area (Å²) in [5.74, 6) is 1.06. The number of rotatable bonds is 6. The summed E-state index contributed by atoms with van der Waals surface area (Å²) in [6.45, 7) is 5.03. The van der Waals surface area contributed by atoms with Crippen LogP contribution >= 0.6 is 12.4 Å². The molecule has 3 nitrogen and oxygen atoms in total. The first-order valence-electron chi connectivity index (χ1n) is 9.32. The molecule has 1 aliphatic heterocycles. The Labute approximate surface area is 156 Å². The van der Waals surface area contributed by atoms with Gasteiger partial charge in [-0.05, 0) is 68.3 Å². The lowest BCUT2D eigenvalue weighted by atomic mass is 9.64. The van der Waals surface area contributed by atoms with E-state index in [9.17, 15) is 9.18 Å². The first-order chi connectivity index (χ1) is 11.6. The molecule has 2 aliphatic rings. The first-order valence-corrected chi connectivity index (χ1v) is 9.32. The summed E-state index contributed by atoms with van der Waals surface area (Å²) in [5.41, 5.74) is 1.17. The van der Waals surface area contributed by atoms with Gasteiger partial charge < -0.3 is 10.6 Å². The van der Waals surface area contributed by atoms with Crippen molar-refractivity contribution < 1.29 is 9.18 Å². The minimum absolute atomic E-state index is 0. The summed E-state index contributed by atoms with van der Waals surface area (Å²) >= 11 is 0. The normalized spacial score (nSPS) is 20.9. The Hall–Kier alpha value is -1.13. The molecule has 1 heterocycles. The number of benzene rings is 1. The molecule has 1 atom stereocenters. The van der Waals surface area contributed by atoms with Crippen molar-refractivity contribution >= 4 is 18.3 Å². The molecular formula is C20H30ClFN2O. The van der Waals surface area contributed by atoms with Gasteiger partial charge >= 0.3 is 0 Å². The van der Waals surface area contributed by atoms with Gasteiger partial charge in [0.2, 0.25) is 5.91 Å². The highest BCUT2D eigenvalue weighted by Gasteiger charge is 2.39. The van der Waals surface area contributed by atoms with E-state index in [-0.39, 0.29) is 29.5 Å². The Morgan fingerprint density at radius 1 is 1.28 bits per heavy atom. The van der Waals surface area contributed by atoms with Gasteiger partial charge in [-0.25, -0.2) is 4.39 Å². The smallest absolute Gasteiger partial charge is 0.220 e. The van der Waals surface area contributed by atoms with Crippen LogP contribution in [0.3, 0.4) is 0 Å². The molecule has 1 aromatic carbocycles. The van der Waals surface area contributed by atoms with Crippen molar-refractivity contribution in [1.82, 2.24) is 10.6 Å². The molecule has 1 saturated carbocycles. The maximum atomic E-state index is 13.2. The van der Waals surface area contributed by atoms with Crippen molar-refractivity contribution in [2.45, 2.75) is 50.9 Å². The molecule has 2 fully saturated rings. The zero-order chi connectivity index (χ0) is 17.0. The van der Waals surface area contributed by atoms with Crippen LogP contribution in [0.1, 0.15) is 51.0 Å². The minimum Gasteiger partial charge on any atom is -0.355 e. The average Bonchev–Trinajstić information content (AvgIpc) is 2.56. The topological polar surface area (TPSA) is 41.1 Å². The van der Waals surface area contributed by atoms with Crippen LogP contribution in [0.4, 0.5) is 4.39 Å². The van der Waals surface area contributed by atoms with Gasteiger partial charge in [0.15, 0.2) is 0 Å². The highest BCUT2D eigenvalue weighted by molar-refractivity contribution is 5.85. The minimum atomic E-state index is -0.201. The number of hydrogen-bond donors (Lipinski definition) is 2. The fourth-order valence-corrected chi connectivity index (χ4v) is 4.19. The molecule has 140 valence electrons. The summed E-state index contributed by atoms with van der Waals surface area (Å²) in [7, 11) is 0. The molecule has 0 spiro atoms. The molecule has 1 aromatic rings. The highest BCUT2D eigenvalue weighted by atomic mass is 35.5. The highest BCUT2D eigenvalue weighted by Crippen LogP contribution is 2.43. The molecule has 3 rings (SSSR count). The molecule has 2 N–H and O–H groups in total. The number of piperidine rings is 1. The number of amides is 1. The Kier molecular flexibility index (Phi) is 7.26. The summed E-state index contributed by atoms with van der Waals surface area (Å²) < 4.78 is 13.2. The maximum Gasteiger partial charge on any atom is 0.220 e. The molecule has 1 unspecified atom stereocenters. The Morgan fingerprint density at radius 3 is 2.48 bits per heavy atom. The van der Waals surface area contributed by atoms with E-state index >= 15 is 0 Å². The van der Waals surface area contributed by atoms with Crippen molar-refractivity contribution in [2.75, 3.05) is 19.6 Å². The zero-order valence-electron chi connectivity index (χ0n) is 15.0. The number of nitrogens with one attached hydrogen (secondary N) is 2. The van der Waals surface area contributed by atoms with Crippen LogP contribution in [0.15, 0.2) is 24.3 Å². The number of carbonyl (C=O) groups is 1. The van der Waals surface area contributed by atoms with Crippen LogP contribution in [0.2, 0.25) is 0 Å². The molecule has 1 saturated heterocycles. The second-order valence-electron chi connectivity index (χ2n) is 7.69. The van der Waals surface area contributed by atoms with Crippen molar-refractivity contribution in [3.05, 3.63) is 35.6 Å². The zero-order valence-corrected chi connectivity index (χ0v) is 15.8. The van der Waals surface area contributed by atoms with Gasteiger partial charge in [0, 0.05) is 18.4 Å². The van der Waals surface area contributed by atoms with Crippen LogP contribution in [-0.4, -0.2) is 25.5 Å². The predicted octanol–water partition coefficient (Wildman–Crippen LogP) is 3.81. The van der Waals surface area contributed by atoms with Crippen LogP contribution in [0.25, 0.3) is 0 Å². The number of hydrogen-bond acceptors (Lipinski definition) is 2. The summed E-state index contributed by atoms with van der Waals surface area (Å²) in [5, 5.41) is 6.54. The van der Waals surface area contributed by atoms with Crippen LogP contribution in [-0.2, 0) is 10.2 Å². The van der Waals surface area contributed by atoms with E-state index in [0.29, 0.717) is 24.8 Å². The van der Waals surface area contributed by atoms with Crippen molar-refractivity contribution in [1.29, 1.82) is 0 Å². The number of carbonyl (C=O) groups excluding carboxylic acids is 1. The molecule has 25 heavy (non-hydrogen) atoms. The summed E-state index contributed by atoms with van der Waals surface area (Å²) in [4.78, 5) is 12.4. The fourth-order valence-electron chi connectivity index (χ4n) is 4.19. The molecule has 0 radical (unpaired) electrons. The van der Waals surface area contributed by atoms with E-state index in [1.807, 2.05) is 12.1 Å². The van der Waals surface area contributed by atoms with E-state index < -0.39 is 0 Å². The lowest BCUT2D eigenvalue weighted by Gasteiger charge is -2.42. The molecular weight excluding hydrogens is 339 g/mol.